The third kappa shape index (κ3) is 3.19. The second-order valence-corrected chi connectivity index (χ2v) is 6.43. The molecule has 0 aliphatic carbocycles. The number of ether oxygens (including phenoxy) is 1. The fraction of sp³-hybridized carbons (Fsp3) is 0.200. The first-order valence-electron chi connectivity index (χ1n) is 8.54. The molecule has 0 radical (unpaired) electrons. The zero-order valence-electron chi connectivity index (χ0n) is 15.6. The number of hydrogen-bond acceptors (Lipinski definition) is 6. The minimum Gasteiger partial charge on any atom is -0.497 e. The van der Waals surface area contributed by atoms with Gasteiger partial charge in [-0.15, -0.1) is 5.10 Å². The minimum atomic E-state index is 0.342. The third-order valence-electron chi connectivity index (χ3n) is 4.32. The van der Waals surface area contributed by atoms with E-state index in [0.29, 0.717) is 17.4 Å². The van der Waals surface area contributed by atoms with Gasteiger partial charge in [-0.05, 0) is 68.3 Å². The molecule has 7 nitrogen and oxygen atoms in total. The SMILES string of the molecule is COc1ccc(-c2noc(-c3nnn(-c4cc(C)cc(C)c4)c3C)n2)cc1. The van der Waals surface area contributed by atoms with Crippen molar-refractivity contribution in [1.82, 2.24) is 25.1 Å². The first-order chi connectivity index (χ1) is 13.0. The van der Waals surface area contributed by atoms with E-state index in [1.54, 1.807) is 11.8 Å². The highest BCUT2D eigenvalue weighted by Gasteiger charge is 2.19. The summed E-state index contributed by atoms with van der Waals surface area (Å²) in [6.07, 6.45) is 0. The molecule has 4 aromatic rings. The van der Waals surface area contributed by atoms with Crippen molar-refractivity contribution in [3.8, 4) is 34.4 Å². The molecule has 2 aromatic heterocycles. The van der Waals surface area contributed by atoms with E-state index in [9.17, 15) is 0 Å². The van der Waals surface area contributed by atoms with Crippen molar-refractivity contribution >= 4 is 0 Å². The normalized spacial score (nSPS) is 11.0. The van der Waals surface area contributed by atoms with Gasteiger partial charge in [0, 0.05) is 5.56 Å². The lowest BCUT2D eigenvalue weighted by atomic mass is 10.1. The Kier molecular flexibility index (Phi) is 4.19. The van der Waals surface area contributed by atoms with Gasteiger partial charge in [-0.1, -0.05) is 16.4 Å². The molecule has 7 heteroatoms. The Hall–Kier alpha value is -3.48. The van der Waals surface area contributed by atoms with Crippen LogP contribution in [-0.2, 0) is 0 Å². The molecule has 0 saturated carbocycles. The fourth-order valence-corrected chi connectivity index (χ4v) is 3.02. The minimum absolute atomic E-state index is 0.342. The lowest BCUT2D eigenvalue weighted by molar-refractivity contribution is 0.414. The van der Waals surface area contributed by atoms with Crippen LogP contribution in [0.5, 0.6) is 5.75 Å². The molecule has 0 N–H and O–H groups in total. The van der Waals surface area contributed by atoms with E-state index < -0.39 is 0 Å². The molecule has 0 aliphatic heterocycles. The summed E-state index contributed by atoms with van der Waals surface area (Å²) in [5.74, 6) is 1.61. The Labute approximate surface area is 156 Å². The molecule has 2 heterocycles. The molecular weight excluding hydrogens is 342 g/mol. The van der Waals surface area contributed by atoms with Crippen LogP contribution in [0, 0.1) is 20.8 Å². The summed E-state index contributed by atoms with van der Waals surface area (Å²) < 4.78 is 12.4. The summed E-state index contributed by atoms with van der Waals surface area (Å²) in [4.78, 5) is 4.47. The summed E-state index contributed by atoms with van der Waals surface area (Å²) >= 11 is 0. The summed E-state index contributed by atoms with van der Waals surface area (Å²) in [5, 5.41) is 12.6. The van der Waals surface area contributed by atoms with E-state index in [1.165, 1.54) is 11.1 Å². The zero-order valence-corrected chi connectivity index (χ0v) is 15.6. The van der Waals surface area contributed by atoms with Gasteiger partial charge < -0.3 is 9.26 Å². The van der Waals surface area contributed by atoms with Gasteiger partial charge in [0.2, 0.25) is 5.82 Å². The average Bonchev–Trinajstić information content (AvgIpc) is 3.27. The van der Waals surface area contributed by atoms with Crippen LogP contribution in [0.25, 0.3) is 28.7 Å². The van der Waals surface area contributed by atoms with Gasteiger partial charge in [0.25, 0.3) is 5.89 Å². The second kappa shape index (κ2) is 6.68. The molecule has 0 saturated heterocycles. The molecule has 2 aromatic carbocycles. The largest absolute Gasteiger partial charge is 0.497 e. The van der Waals surface area contributed by atoms with E-state index >= 15 is 0 Å². The summed E-state index contributed by atoms with van der Waals surface area (Å²) in [5.41, 5.74) is 5.54. The Morgan fingerprint density at radius 3 is 2.33 bits per heavy atom. The highest BCUT2D eigenvalue weighted by molar-refractivity contribution is 5.60. The fourth-order valence-electron chi connectivity index (χ4n) is 3.02. The van der Waals surface area contributed by atoms with Gasteiger partial charge in [0.15, 0.2) is 5.69 Å². The monoisotopic (exact) mass is 361 g/mol. The molecule has 0 fully saturated rings. The molecule has 0 aliphatic rings. The van der Waals surface area contributed by atoms with Crippen molar-refractivity contribution in [3.05, 3.63) is 59.3 Å². The zero-order chi connectivity index (χ0) is 19.0. The topological polar surface area (TPSA) is 78.9 Å². The summed E-state index contributed by atoms with van der Waals surface area (Å²) in [7, 11) is 1.63. The van der Waals surface area contributed by atoms with Crippen LogP contribution < -0.4 is 4.74 Å². The van der Waals surface area contributed by atoms with Gasteiger partial charge in [0.1, 0.15) is 5.75 Å². The summed E-state index contributed by atoms with van der Waals surface area (Å²) in [6, 6.07) is 13.7. The molecular formula is C20H19N5O2. The van der Waals surface area contributed by atoms with Crippen molar-refractivity contribution in [2.75, 3.05) is 7.11 Å². The van der Waals surface area contributed by atoms with Gasteiger partial charge in [-0.25, -0.2) is 4.68 Å². The van der Waals surface area contributed by atoms with Crippen LogP contribution in [0.1, 0.15) is 16.8 Å². The van der Waals surface area contributed by atoms with Crippen LogP contribution in [-0.4, -0.2) is 32.2 Å². The number of rotatable bonds is 4. The highest BCUT2D eigenvalue weighted by atomic mass is 16.5. The first kappa shape index (κ1) is 17.0. The standard InChI is InChI=1S/C20H19N5O2/c1-12-9-13(2)11-16(10-12)25-14(3)18(22-24-25)20-21-19(23-27-20)15-5-7-17(26-4)8-6-15/h5-11H,1-4H3. The maximum Gasteiger partial charge on any atom is 0.280 e. The number of benzene rings is 2. The van der Waals surface area contributed by atoms with Crippen molar-refractivity contribution in [2.45, 2.75) is 20.8 Å². The summed E-state index contributed by atoms with van der Waals surface area (Å²) in [6.45, 7) is 6.05. The van der Waals surface area contributed by atoms with Crippen LogP contribution in [0.4, 0.5) is 0 Å². The molecule has 0 spiro atoms. The second-order valence-electron chi connectivity index (χ2n) is 6.43. The quantitative estimate of drug-likeness (QED) is 0.548. The molecule has 0 bridgehead atoms. The molecule has 0 amide bonds. The molecule has 27 heavy (non-hydrogen) atoms. The van der Waals surface area contributed by atoms with Crippen LogP contribution in [0.15, 0.2) is 47.0 Å². The van der Waals surface area contributed by atoms with Crippen LogP contribution in [0.3, 0.4) is 0 Å². The number of aromatic nitrogens is 5. The van der Waals surface area contributed by atoms with Crippen LogP contribution in [0.2, 0.25) is 0 Å². The van der Waals surface area contributed by atoms with Gasteiger partial charge >= 0.3 is 0 Å². The highest BCUT2D eigenvalue weighted by Crippen LogP contribution is 2.26. The average molecular weight is 361 g/mol. The van der Waals surface area contributed by atoms with Crippen molar-refractivity contribution < 1.29 is 9.26 Å². The maximum atomic E-state index is 5.43. The van der Waals surface area contributed by atoms with E-state index in [4.69, 9.17) is 9.26 Å². The lowest BCUT2D eigenvalue weighted by Crippen LogP contribution is -2.00. The third-order valence-corrected chi connectivity index (χ3v) is 4.32. The van der Waals surface area contributed by atoms with E-state index in [1.807, 2.05) is 31.2 Å². The smallest absolute Gasteiger partial charge is 0.280 e. The van der Waals surface area contributed by atoms with Crippen LogP contribution >= 0.6 is 0 Å². The molecule has 0 unspecified atom stereocenters. The Morgan fingerprint density at radius 2 is 1.67 bits per heavy atom. The van der Waals surface area contributed by atoms with Crippen molar-refractivity contribution in [3.63, 3.8) is 0 Å². The van der Waals surface area contributed by atoms with E-state index in [2.05, 4.69) is 52.5 Å². The first-order valence-corrected chi connectivity index (χ1v) is 8.54. The van der Waals surface area contributed by atoms with E-state index in [0.717, 1.165) is 22.7 Å². The van der Waals surface area contributed by atoms with Crippen molar-refractivity contribution in [1.29, 1.82) is 0 Å². The van der Waals surface area contributed by atoms with Gasteiger partial charge in [-0.2, -0.15) is 4.98 Å². The molecule has 4 rings (SSSR count). The number of hydrogen-bond donors (Lipinski definition) is 0. The lowest BCUT2D eigenvalue weighted by Gasteiger charge is -2.06. The molecule has 0 atom stereocenters. The van der Waals surface area contributed by atoms with Gasteiger partial charge in [0.05, 0.1) is 18.5 Å². The van der Waals surface area contributed by atoms with E-state index in [-0.39, 0.29) is 0 Å². The van der Waals surface area contributed by atoms with Gasteiger partial charge in [-0.3, -0.25) is 0 Å². The molecule has 136 valence electrons. The number of methoxy groups -OCH3 is 1. The predicted molar refractivity (Wildman–Crippen MR) is 101 cm³/mol. The predicted octanol–water partition coefficient (Wildman–Crippen LogP) is 3.92. The van der Waals surface area contributed by atoms with Crippen molar-refractivity contribution in [2.24, 2.45) is 0 Å². The Morgan fingerprint density at radius 1 is 0.963 bits per heavy atom. The Bertz CT molecular complexity index is 1080. The Balaban J connectivity index is 1.69. The maximum absolute atomic E-state index is 5.43. The number of nitrogens with zero attached hydrogens (tertiary/aromatic N) is 5. The number of aryl methyl sites for hydroxylation is 2.